The van der Waals surface area contributed by atoms with E-state index in [4.69, 9.17) is 11.6 Å². The van der Waals surface area contributed by atoms with Crippen LogP contribution < -0.4 is 0 Å². The van der Waals surface area contributed by atoms with Crippen molar-refractivity contribution >= 4 is 38.3 Å². The topological polar surface area (TPSA) is 0 Å². The molecule has 0 bridgehead atoms. The number of benzene rings is 2. The molecule has 0 aliphatic heterocycles. The highest BCUT2D eigenvalue weighted by Gasteiger charge is 2.13. The van der Waals surface area contributed by atoms with Crippen LogP contribution in [0.1, 0.15) is 50.0 Å². The Kier molecular flexibility index (Phi) is 5.72. The molecule has 102 valence electrons. The minimum atomic E-state index is 0.107. The number of fused-ring (bicyclic) bond motifs is 1. The Labute approximate surface area is 129 Å². The Morgan fingerprint density at radius 3 is 2.63 bits per heavy atom. The summed E-state index contributed by atoms with van der Waals surface area (Å²) < 4.78 is 1.15. The highest BCUT2D eigenvalue weighted by atomic mass is 79.9. The molecule has 0 aromatic heterocycles. The number of hydrogen-bond acceptors (Lipinski definition) is 0. The van der Waals surface area contributed by atoms with Crippen LogP contribution in [0.2, 0.25) is 0 Å². The van der Waals surface area contributed by atoms with Crippen LogP contribution >= 0.6 is 27.5 Å². The van der Waals surface area contributed by atoms with Crippen molar-refractivity contribution in [2.75, 3.05) is 0 Å². The zero-order valence-corrected chi connectivity index (χ0v) is 13.7. The summed E-state index contributed by atoms with van der Waals surface area (Å²) in [5, 5.41) is 2.61. The lowest BCUT2D eigenvalue weighted by Gasteiger charge is -2.13. The van der Waals surface area contributed by atoms with Crippen molar-refractivity contribution < 1.29 is 0 Å². The van der Waals surface area contributed by atoms with Crippen molar-refractivity contribution in [2.45, 2.75) is 44.4 Å². The van der Waals surface area contributed by atoms with Gasteiger partial charge in [0.1, 0.15) is 0 Å². The first-order chi connectivity index (χ1) is 9.24. The van der Waals surface area contributed by atoms with E-state index in [9.17, 15) is 0 Å². The summed E-state index contributed by atoms with van der Waals surface area (Å²) >= 11 is 10.3. The van der Waals surface area contributed by atoms with E-state index < -0.39 is 0 Å². The molecule has 2 rings (SSSR count). The zero-order chi connectivity index (χ0) is 13.7. The quantitative estimate of drug-likeness (QED) is 0.398. The van der Waals surface area contributed by atoms with Gasteiger partial charge in [0.05, 0.1) is 5.38 Å². The van der Waals surface area contributed by atoms with Gasteiger partial charge in [0, 0.05) is 4.47 Å². The third-order valence-corrected chi connectivity index (χ3v) is 4.88. The number of unbranched alkanes of at least 4 members (excludes halogenated alkanes) is 3. The largest absolute Gasteiger partial charge is 0.118 e. The maximum absolute atomic E-state index is 6.56. The maximum atomic E-state index is 6.56. The fourth-order valence-corrected chi connectivity index (χ4v) is 3.64. The lowest BCUT2D eigenvalue weighted by atomic mass is 10.0. The first kappa shape index (κ1) is 14.9. The predicted molar refractivity (Wildman–Crippen MR) is 89.0 cm³/mol. The van der Waals surface area contributed by atoms with E-state index in [0.717, 1.165) is 10.9 Å². The van der Waals surface area contributed by atoms with Crippen molar-refractivity contribution in [3.63, 3.8) is 0 Å². The lowest BCUT2D eigenvalue weighted by Crippen LogP contribution is -1.93. The Hall–Kier alpha value is -0.530. The van der Waals surface area contributed by atoms with E-state index >= 15 is 0 Å². The van der Waals surface area contributed by atoms with Crippen LogP contribution in [0, 0.1) is 0 Å². The van der Waals surface area contributed by atoms with Crippen molar-refractivity contribution in [2.24, 2.45) is 0 Å². The van der Waals surface area contributed by atoms with Gasteiger partial charge in [-0.05, 0) is 38.7 Å². The van der Waals surface area contributed by atoms with Crippen molar-refractivity contribution in [1.29, 1.82) is 0 Å². The molecule has 0 N–H and O–H groups in total. The van der Waals surface area contributed by atoms with Crippen LogP contribution in [0.3, 0.4) is 0 Å². The number of rotatable bonds is 6. The first-order valence-electron chi connectivity index (χ1n) is 7.05. The summed E-state index contributed by atoms with van der Waals surface area (Å²) in [6.07, 6.45) is 6.12. The highest BCUT2D eigenvalue weighted by molar-refractivity contribution is 9.10. The summed E-state index contributed by atoms with van der Waals surface area (Å²) in [6.45, 7) is 2.23. The fraction of sp³-hybridized carbons (Fsp3) is 0.412. The molecule has 19 heavy (non-hydrogen) atoms. The van der Waals surface area contributed by atoms with Gasteiger partial charge in [0.25, 0.3) is 0 Å². The molecule has 1 unspecified atom stereocenters. The number of hydrogen-bond donors (Lipinski definition) is 0. The molecule has 0 fully saturated rings. The van der Waals surface area contributed by atoms with Crippen LogP contribution in [-0.2, 0) is 0 Å². The van der Waals surface area contributed by atoms with Gasteiger partial charge in [-0.15, -0.1) is 11.6 Å². The lowest BCUT2D eigenvalue weighted by molar-refractivity contribution is 0.623. The van der Waals surface area contributed by atoms with E-state index in [1.165, 1.54) is 42.0 Å². The van der Waals surface area contributed by atoms with Crippen molar-refractivity contribution in [3.05, 3.63) is 46.4 Å². The molecule has 1 atom stereocenters. The summed E-state index contributed by atoms with van der Waals surface area (Å²) in [5.41, 5.74) is 1.22. The molecular formula is C17H20BrCl. The molecule has 0 saturated heterocycles. The van der Waals surface area contributed by atoms with Crippen LogP contribution in [0.15, 0.2) is 40.9 Å². The van der Waals surface area contributed by atoms with Crippen molar-refractivity contribution in [3.8, 4) is 0 Å². The SMILES string of the molecule is CCCCCCC(Cl)c1ccc2ccccc2c1Br. The summed E-state index contributed by atoms with van der Waals surface area (Å²) in [7, 11) is 0. The predicted octanol–water partition coefficient (Wildman–Crippen LogP) is 6.85. The van der Waals surface area contributed by atoms with Gasteiger partial charge in [0.15, 0.2) is 0 Å². The van der Waals surface area contributed by atoms with Gasteiger partial charge in [-0.25, -0.2) is 0 Å². The van der Waals surface area contributed by atoms with Gasteiger partial charge in [-0.3, -0.25) is 0 Å². The fourth-order valence-electron chi connectivity index (χ4n) is 2.40. The van der Waals surface area contributed by atoms with E-state index in [1.54, 1.807) is 0 Å². The molecule has 2 heteroatoms. The van der Waals surface area contributed by atoms with E-state index in [0.29, 0.717) is 0 Å². The minimum absolute atomic E-state index is 0.107. The average Bonchev–Trinajstić information content (AvgIpc) is 2.44. The van der Waals surface area contributed by atoms with Crippen LogP contribution in [0.25, 0.3) is 10.8 Å². The smallest absolute Gasteiger partial charge is 0.0596 e. The van der Waals surface area contributed by atoms with E-state index in [1.807, 2.05) is 0 Å². The standard InChI is InChI=1S/C17H20BrCl/c1-2-3-4-5-10-16(19)15-12-11-13-8-6-7-9-14(13)17(15)18/h6-9,11-12,16H,2-5,10H2,1H3. The van der Waals surface area contributed by atoms with Crippen LogP contribution in [0.5, 0.6) is 0 Å². The third kappa shape index (κ3) is 3.73. The Morgan fingerprint density at radius 1 is 1.05 bits per heavy atom. The van der Waals surface area contributed by atoms with Gasteiger partial charge in [-0.2, -0.15) is 0 Å². The van der Waals surface area contributed by atoms with Gasteiger partial charge in [-0.1, -0.05) is 69.0 Å². The van der Waals surface area contributed by atoms with Crippen LogP contribution in [-0.4, -0.2) is 0 Å². The second kappa shape index (κ2) is 7.31. The summed E-state index contributed by atoms with van der Waals surface area (Å²) in [4.78, 5) is 0. The molecule has 0 radical (unpaired) electrons. The van der Waals surface area contributed by atoms with E-state index in [2.05, 4.69) is 59.3 Å². The van der Waals surface area contributed by atoms with Gasteiger partial charge >= 0.3 is 0 Å². The molecular weight excluding hydrogens is 320 g/mol. The Bertz CT molecular complexity index is 536. The molecule has 0 heterocycles. The van der Waals surface area contributed by atoms with Gasteiger partial charge in [0.2, 0.25) is 0 Å². The second-order valence-corrected chi connectivity index (χ2v) is 6.33. The second-order valence-electron chi connectivity index (χ2n) is 5.01. The Balaban J connectivity index is 2.13. The third-order valence-electron chi connectivity index (χ3n) is 3.54. The summed E-state index contributed by atoms with van der Waals surface area (Å²) in [6, 6.07) is 12.7. The first-order valence-corrected chi connectivity index (χ1v) is 8.28. The van der Waals surface area contributed by atoms with Crippen molar-refractivity contribution in [1.82, 2.24) is 0 Å². The maximum Gasteiger partial charge on any atom is 0.0596 e. The summed E-state index contributed by atoms with van der Waals surface area (Å²) in [5.74, 6) is 0. The molecule has 2 aromatic carbocycles. The number of halogens is 2. The van der Waals surface area contributed by atoms with E-state index in [-0.39, 0.29) is 5.38 Å². The normalized spacial score (nSPS) is 12.8. The van der Waals surface area contributed by atoms with Crippen LogP contribution in [0.4, 0.5) is 0 Å². The molecule has 0 amide bonds. The number of alkyl halides is 1. The molecule has 0 spiro atoms. The molecule has 0 aliphatic rings. The minimum Gasteiger partial charge on any atom is -0.118 e. The average molecular weight is 340 g/mol. The molecule has 0 aliphatic carbocycles. The zero-order valence-electron chi connectivity index (χ0n) is 11.3. The molecule has 0 saturated carbocycles. The molecule has 0 nitrogen and oxygen atoms in total. The Morgan fingerprint density at radius 2 is 1.84 bits per heavy atom. The highest BCUT2D eigenvalue weighted by Crippen LogP contribution is 2.36. The molecule has 2 aromatic rings. The van der Waals surface area contributed by atoms with Gasteiger partial charge < -0.3 is 0 Å². The monoisotopic (exact) mass is 338 g/mol.